The van der Waals surface area contributed by atoms with Crippen molar-refractivity contribution in [1.29, 1.82) is 0 Å². The Morgan fingerprint density at radius 3 is 2.57 bits per heavy atom. The summed E-state index contributed by atoms with van der Waals surface area (Å²) in [5.74, 6) is 2.14. The molecule has 2 heterocycles. The number of allylic oxidation sites excluding steroid dienone is 2. The van der Waals surface area contributed by atoms with E-state index in [-0.39, 0.29) is 17.2 Å². The summed E-state index contributed by atoms with van der Waals surface area (Å²) < 4.78 is 1.92. The van der Waals surface area contributed by atoms with E-state index in [1.165, 1.54) is 21.9 Å². The summed E-state index contributed by atoms with van der Waals surface area (Å²) >= 11 is 1.63. The van der Waals surface area contributed by atoms with Gasteiger partial charge in [0.05, 0.1) is 0 Å². The third kappa shape index (κ3) is 4.48. The summed E-state index contributed by atoms with van der Waals surface area (Å²) in [5.41, 5.74) is 5.36. The fraction of sp³-hybridized carbons (Fsp3) is 0.323. The van der Waals surface area contributed by atoms with Crippen LogP contribution in [0, 0.1) is 5.41 Å². The van der Waals surface area contributed by atoms with Gasteiger partial charge in [0.2, 0.25) is 11.1 Å². The van der Waals surface area contributed by atoms with Crippen molar-refractivity contribution < 1.29 is 4.79 Å². The molecule has 0 amide bonds. The van der Waals surface area contributed by atoms with Crippen LogP contribution >= 0.6 is 11.8 Å². The van der Waals surface area contributed by atoms with Gasteiger partial charge in [-0.3, -0.25) is 4.79 Å². The maximum absolute atomic E-state index is 13.5. The zero-order valence-electron chi connectivity index (χ0n) is 21.8. The second-order valence-corrected chi connectivity index (χ2v) is 12.2. The topological polar surface area (TPSA) is 59.8 Å². The first kappa shape index (κ1) is 24.0. The van der Waals surface area contributed by atoms with Crippen molar-refractivity contribution in [2.24, 2.45) is 5.41 Å². The van der Waals surface area contributed by atoms with E-state index >= 15 is 0 Å². The number of fused-ring (bicyclic) bond motifs is 2. The van der Waals surface area contributed by atoms with E-state index in [9.17, 15) is 4.79 Å². The maximum Gasteiger partial charge on any atom is 0.227 e. The SMILES string of the molecule is CC(C)c1ccc(C2C3=C(CC(C)(C)CC3=O)Nc3nc(SCc4cccc5ccccc45)nn32)cc1. The zero-order chi connectivity index (χ0) is 25.7. The van der Waals surface area contributed by atoms with Gasteiger partial charge in [-0.25, -0.2) is 4.68 Å². The molecule has 4 aromatic rings. The van der Waals surface area contributed by atoms with Gasteiger partial charge in [0, 0.05) is 23.4 Å². The summed E-state index contributed by atoms with van der Waals surface area (Å²) in [7, 11) is 0. The first-order chi connectivity index (χ1) is 17.8. The first-order valence-corrected chi connectivity index (χ1v) is 14.0. The number of nitrogens with zero attached hydrogens (tertiary/aromatic N) is 3. The smallest absolute Gasteiger partial charge is 0.227 e. The third-order valence-corrected chi connectivity index (χ3v) is 8.35. The minimum absolute atomic E-state index is 0.0803. The standard InChI is InChI=1S/C31H32N4OS/c1-19(2)20-12-14-22(15-13-20)28-27-25(16-31(3,4)17-26(27)36)32-29-33-30(34-35(28)29)37-18-23-10-7-9-21-8-5-6-11-24(21)23/h5-15,19,28H,16-18H2,1-4H3,(H,32,33,34). The molecule has 3 aromatic carbocycles. The van der Waals surface area contributed by atoms with Gasteiger partial charge in [-0.15, -0.1) is 5.10 Å². The number of ketones is 1. The molecule has 1 N–H and O–H groups in total. The van der Waals surface area contributed by atoms with Crippen LogP contribution in [0.25, 0.3) is 10.8 Å². The van der Waals surface area contributed by atoms with E-state index in [0.29, 0.717) is 23.4 Å². The van der Waals surface area contributed by atoms with Gasteiger partial charge in [0.15, 0.2) is 5.78 Å². The van der Waals surface area contributed by atoms with Crippen LogP contribution in [0.2, 0.25) is 0 Å². The Bertz CT molecular complexity index is 1530. The molecule has 2 aliphatic rings. The van der Waals surface area contributed by atoms with Gasteiger partial charge in [-0.2, -0.15) is 4.98 Å². The normalized spacial score (nSPS) is 18.6. The van der Waals surface area contributed by atoms with Gasteiger partial charge in [-0.05, 0) is 45.2 Å². The van der Waals surface area contributed by atoms with Crippen molar-refractivity contribution in [2.75, 3.05) is 5.32 Å². The minimum Gasteiger partial charge on any atom is -0.328 e. The predicted molar refractivity (Wildman–Crippen MR) is 151 cm³/mol. The average molecular weight is 509 g/mol. The number of carbonyl (C=O) groups excluding carboxylic acids is 1. The molecule has 6 heteroatoms. The Morgan fingerprint density at radius 1 is 1.03 bits per heavy atom. The Balaban J connectivity index is 1.37. The molecule has 37 heavy (non-hydrogen) atoms. The van der Waals surface area contributed by atoms with Crippen molar-refractivity contribution in [1.82, 2.24) is 14.8 Å². The van der Waals surface area contributed by atoms with Gasteiger partial charge in [-0.1, -0.05) is 106 Å². The highest BCUT2D eigenvalue weighted by molar-refractivity contribution is 7.98. The quantitative estimate of drug-likeness (QED) is 0.283. The zero-order valence-corrected chi connectivity index (χ0v) is 22.6. The van der Waals surface area contributed by atoms with Crippen LogP contribution in [-0.4, -0.2) is 20.5 Å². The molecule has 188 valence electrons. The number of nitrogens with one attached hydrogen (secondary N) is 1. The van der Waals surface area contributed by atoms with Crippen molar-refractivity contribution in [3.8, 4) is 0 Å². The highest BCUT2D eigenvalue weighted by atomic mass is 32.2. The molecule has 1 aliphatic heterocycles. The second-order valence-electron chi connectivity index (χ2n) is 11.3. The molecular weight excluding hydrogens is 476 g/mol. The van der Waals surface area contributed by atoms with E-state index in [2.05, 4.69) is 99.7 Å². The number of hydrogen-bond donors (Lipinski definition) is 1. The number of thioether (sulfide) groups is 1. The van der Waals surface area contributed by atoms with Gasteiger partial charge >= 0.3 is 0 Å². The van der Waals surface area contributed by atoms with Crippen molar-refractivity contribution in [2.45, 2.75) is 63.4 Å². The third-order valence-electron chi connectivity index (χ3n) is 7.47. The number of benzene rings is 3. The number of aromatic nitrogens is 3. The molecule has 1 aliphatic carbocycles. The Morgan fingerprint density at radius 2 is 1.78 bits per heavy atom. The lowest BCUT2D eigenvalue weighted by Crippen LogP contribution is -2.36. The molecule has 5 nitrogen and oxygen atoms in total. The number of rotatable bonds is 5. The summed E-state index contributed by atoms with van der Waals surface area (Å²) in [6.45, 7) is 8.71. The molecule has 1 atom stereocenters. The van der Waals surface area contributed by atoms with Crippen molar-refractivity contribution in [3.63, 3.8) is 0 Å². The monoisotopic (exact) mass is 508 g/mol. The predicted octanol–water partition coefficient (Wildman–Crippen LogP) is 7.51. The highest BCUT2D eigenvalue weighted by Crippen LogP contribution is 2.46. The largest absolute Gasteiger partial charge is 0.328 e. The molecule has 0 saturated heterocycles. The molecule has 1 unspecified atom stereocenters. The Kier molecular flexibility index (Phi) is 5.95. The van der Waals surface area contributed by atoms with E-state index in [1.807, 2.05) is 4.68 Å². The molecule has 6 rings (SSSR count). The van der Waals surface area contributed by atoms with Gasteiger partial charge in [0.25, 0.3) is 0 Å². The van der Waals surface area contributed by atoms with E-state index in [0.717, 1.165) is 29.0 Å². The van der Waals surface area contributed by atoms with Gasteiger partial charge in [0.1, 0.15) is 6.04 Å². The fourth-order valence-corrected chi connectivity index (χ4v) is 6.42. The molecular formula is C31H32N4OS. The van der Waals surface area contributed by atoms with Crippen molar-refractivity contribution in [3.05, 3.63) is 94.7 Å². The van der Waals surface area contributed by atoms with E-state index < -0.39 is 0 Å². The number of carbonyl (C=O) groups is 1. The first-order valence-electron chi connectivity index (χ1n) is 13.0. The lowest BCUT2D eigenvalue weighted by atomic mass is 9.73. The summed E-state index contributed by atoms with van der Waals surface area (Å²) in [4.78, 5) is 18.4. The average Bonchev–Trinajstić information content (AvgIpc) is 3.28. The van der Waals surface area contributed by atoms with E-state index in [1.54, 1.807) is 11.8 Å². The molecule has 1 aromatic heterocycles. The lowest BCUT2D eigenvalue weighted by molar-refractivity contribution is -0.118. The molecule has 0 saturated carbocycles. The molecule has 0 bridgehead atoms. The lowest BCUT2D eigenvalue weighted by Gasteiger charge is -2.38. The maximum atomic E-state index is 13.5. The Hall–Kier alpha value is -3.38. The van der Waals surface area contributed by atoms with Crippen molar-refractivity contribution >= 4 is 34.3 Å². The molecule has 0 spiro atoms. The summed E-state index contributed by atoms with van der Waals surface area (Å²) in [6.07, 6.45) is 1.36. The summed E-state index contributed by atoms with van der Waals surface area (Å²) in [5, 5.41) is 11.6. The highest BCUT2D eigenvalue weighted by Gasteiger charge is 2.41. The van der Waals surface area contributed by atoms with Gasteiger partial charge < -0.3 is 5.32 Å². The molecule has 0 fully saturated rings. The van der Waals surface area contributed by atoms with E-state index in [4.69, 9.17) is 10.1 Å². The van der Waals surface area contributed by atoms with Crippen LogP contribution in [0.3, 0.4) is 0 Å². The number of anilines is 1. The van der Waals surface area contributed by atoms with Crippen LogP contribution < -0.4 is 5.32 Å². The minimum atomic E-state index is -0.268. The molecule has 0 radical (unpaired) electrons. The number of hydrogen-bond acceptors (Lipinski definition) is 5. The van der Waals surface area contributed by atoms with Crippen LogP contribution in [0.15, 0.2) is 83.2 Å². The van der Waals surface area contributed by atoms with Crippen LogP contribution in [-0.2, 0) is 10.5 Å². The van der Waals surface area contributed by atoms with Crippen LogP contribution in [0.5, 0.6) is 0 Å². The fourth-order valence-electron chi connectivity index (χ4n) is 5.58. The number of Topliss-reactive ketones (excluding diaryl/α,β-unsaturated/α-hetero) is 1. The summed E-state index contributed by atoms with van der Waals surface area (Å²) in [6, 6.07) is 23.3. The van der Waals surface area contributed by atoms with Crippen LogP contribution in [0.1, 0.15) is 69.2 Å². The van der Waals surface area contributed by atoms with Crippen LogP contribution in [0.4, 0.5) is 5.95 Å². The second kappa shape index (κ2) is 9.18. The Labute approximate surface area is 222 Å².